The summed E-state index contributed by atoms with van der Waals surface area (Å²) in [5, 5.41) is 14.1. The second-order valence-electron chi connectivity index (χ2n) is 5.87. The van der Waals surface area contributed by atoms with Crippen molar-refractivity contribution in [1.29, 1.82) is 0 Å². The van der Waals surface area contributed by atoms with Crippen molar-refractivity contribution >= 4 is 17.8 Å². The predicted octanol–water partition coefficient (Wildman–Crippen LogP) is 3.07. The molecule has 0 aliphatic carbocycles. The zero-order valence-electron chi connectivity index (χ0n) is 15.1. The van der Waals surface area contributed by atoms with E-state index in [9.17, 15) is 9.59 Å². The van der Waals surface area contributed by atoms with Gasteiger partial charge in [-0.3, -0.25) is 20.3 Å². The van der Waals surface area contributed by atoms with E-state index in [1.165, 1.54) is 12.1 Å². The van der Waals surface area contributed by atoms with Gasteiger partial charge in [0.25, 0.3) is 5.91 Å². The van der Waals surface area contributed by atoms with Gasteiger partial charge in [-0.2, -0.15) is 0 Å². The first kappa shape index (κ1) is 19.0. The van der Waals surface area contributed by atoms with Crippen molar-refractivity contribution in [2.45, 2.75) is 6.92 Å². The molecular weight excluding hydrogens is 358 g/mol. The summed E-state index contributed by atoms with van der Waals surface area (Å²) in [6.45, 7) is 2.24. The minimum Gasteiger partial charge on any atom is -0.338 e. The lowest BCUT2D eigenvalue weighted by molar-refractivity contribution is 0.0706. The Morgan fingerprint density at radius 3 is 2.43 bits per heavy atom. The number of aromatic nitrogens is 2. The van der Waals surface area contributed by atoms with Crippen LogP contribution in [0.5, 0.6) is 0 Å². The van der Waals surface area contributed by atoms with Crippen LogP contribution in [0.3, 0.4) is 0 Å². The standard InChI is InChI=1S/C20H19N5O3/c1-2-22-20(27)24-18-11-16(19(26)25-28)10-17(23-18)14-7-5-13(6-8-14)15-4-3-9-21-12-15/h3-12,28H,2H2,1H3,(H,25,26)(H2,22,23,24,27). The lowest BCUT2D eigenvalue weighted by Crippen LogP contribution is -2.29. The lowest BCUT2D eigenvalue weighted by atomic mass is 10.0. The Kier molecular flexibility index (Phi) is 5.93. The number of amides is 3. The van der Waals surface area contributed by atoms with Crippen LogP contribution in [-0.2, 0) is 0 Å². The number of rotatable bonds is 5. The number of hydrogen-bond donors (Lipinski definition) is 4. The predicted molar refractivity (Wildman–Crippen MR) is 105 cm³/mol. The Morgan fingerprint density at radius 1 is 1.04 bits per heavy atom. The number of nitrogens with one attached hydrogen (secondary N) is 3. The van der Waals surface area contributed by atoms with E-state index in [-0.39, 0.29) is 11.4 Å². The highest BCUT2D eigenvalue weighted by atomic mass is 16.5. The van der Waals surface area contributed by atoms with Crippen molar-refractivity contribution in [3.05, 3.63) is 66.5 Å². The molecule has 0 unspecified atom stereocenters. The number of carbonyl (C=O) groups is 2. The number of carbonyl (C=O) groups excluding carboxylic acids is 2. The fraction of sp³-hybridized carbons (Fsp3) is 0.100. The largest absolute Gasteiger partial charge is 0.338 e. The quantitative estimate of drug-likeness (QED) is 0.403. The van der Waals surface area contributed by atoms with E-state index < -0.39 is 11.9 Å². The molecule has 28 heavy (non-hydrogen) atoms. The maximum absolute atomic E-state index is 11.9. The second kappa shape index (κ2) is 8.74. The molecule has 0 radical (unpaired) electrons. The van der Waals surface area contributed by atoms with Crippen LogP contribution in [0.15, 0.2) is 60.9 Å². The van der Waals surface area contributed by atoms with Crippen molar-refractivity contribution in [1.82, 2.24) is 20.8 Å². The van der Waals surface area contributed by atoms with Crippen molar-refractivity contribution in [2.24, 2.45) is 0 Å². The molecular formula is C20H19N5O3. The summed E-state index contributed by atoms with van der Waals surface area (Å²) < 4.78 is 0. The summed E-state index contributed by atoms with van der Waals surface area (Å²) >= 11 is 0. The van der Waals surface area contributed by atoms with Crippen molar-refractivity contribution in [3.8, 4) is 22.4 Å². The summed E-state index contributed by atoms with van der Waals surface area (Å²) in [5.74, 6) is -0.507. The molecule has 3 aromatic rings. The Morgan fingerprint density at radius 2 is 1.79 bits per heavy atom. The van der Waals surface area contributed by atoms with Crippen LogP contribution in [0.1, 0.15) is 17.3 Å². The average molecular weight is 377 g/mol. The Balaban J connectivity index is 1.95. The molecule has 2 aromatic heterocycles. The third kappa shape index (κ3) is 4.49. The molecule has 0 fully saturated rings. The average Bonchev–Trinajstić information content (AvgIpc) is 2.74. The summed E-state index contributed by atoms with van der Waals surface area (Å²) in [4.78, 5) is 32.2. The molecule has 3 amide bonds. The molecule has 142 valence electrons. The van der Waals surface area contributed by atoms with Crippen LogP contribution in [0.4, 0.5) is 10.6 Å². The number of urea groups is 1. The van der Waals surface area contributed by atoms with Gasteiger partial charge in [-0.05, 0) is 36.2 Å². The Hall–Kier alpha value is -3.78. The van der Waals surface area contributed by atoms with Gasteiger partial charge in [-0.1, -0.05) is 30.3 Å². The first-order valence-corrected chi connectivity index (χ1v) is 8.63. The summed E-state index contributed by atoms with van der Waals surface area (Å²) in [6.07, 6.45) is 3.48. The van der Waals surface area contributed by atoms with Crippen LogP contribution in [0, 0.1) is 0 Å². The highest BCUT2D eigenvalue weighted by molar-refractivity contribution is 5.97. The SMILES string of the molecule is CCNC(=O)Nc1cc(C(=O)NO)cc(-c2ccc(-c3cccnc3)cc2)n1. The molecule has 0 bridgehead atoms. The van der Waals surface area contributed by atoms with Crippen molar-refractivity contribution in [3.63, 3.8) is 0 Å². The Labute approximate surface area is 161 Å². The van der Waals surface area contributed by atoms with Gasteiger partial charge >= 0.3 is 6.03 Å². The normalized spacial score (nSPS) is 10.2. The number of hydrogen-bond acceptors (Lipinski definition) is 5. The van der Waals surface area contributed by atoms with Gasteiger partial charge in [-0.25, -0.2) is 15.3 Å². The number of nitrogens with zero attached hydrogens (tertiary/aromatic N) is 2. The van der Waals surface area contributed by atoms with Gasteiger partial charge < -0.3 is 5.32 Å². The lowest BCUT2D eigenvalue weighted by Gasteiger charge is -2.10. The fourth-order valence-electron chi connectivity index (χ4n) is 2.63. The van der Waals surface area contributed by atoms with Crippen LogP contribution in [0.2, 0.25) is 0 Å². The van der Waals surface area contributed by atoms with Gasteiger partial charge in [0.1, 0.15) is 5.82 Å². The topological polar surface area (TPSA) is 116 Å². The number of hydroxylamine groups is 1. The molecule has 0 aliphatic rings. The maximum atomic E-state index is 11.9. The molecule has 4 N–H and O–H groups in total. The summed E-state index contributed by atoms with van der Waals surface area (Å²) in [6, 6.07) is 13.9. The third-order valence-corrected chi connectivity index (χ3v) is 3.94. The molecule has 0 saturated carbocycles. The molecule has 1 aromatic carbocycles. The van der Waals surface area contributed by atoms with E-state index in [0.29, 0.717) is 12.2 Å². The highest BCUT2D eigenvalue weighted by Crippen LogP contribution is 2.25. The second-order valence-corrected chi connectivity index (χ2v) is 5.87. The highest BCUT2D eigenvalue weighted by Gasteiger charge is 2.12. The van der Waals surface area contributed by atoms with Crippen LogP contribution in [-0.4, -0.2) is 33.7 Å². The Bertz CT molecular complexity index is 975. The molecule has 0 aliphatic heterocycles. The van der Waals surface area contributed by atoms with E-state index >= 15 is 0 Å². The van der Waals surface area contributed by atoms with E-state index in [2.05, 4.69) is 20.6 Å². The third-order valence-electron chi connectivity index (χ3n) is 3.94. The number of benzene rings is 1. The molecule has 3 rings (SSSR count). The first-order chi connectivity index (χ1) is 13.6. The summed E-state index contributed by atoms with van der Waals surface area (Å²) in [5.41, 5.74) is 4.95. The number of pyridine rings is 2. The van der Waals surface area contributed by atoms with E-state index in [1.54, 1.807) is 24.8 Å². The fourth-order valence-corrected chi connectivity index (χ4v) is 2.63. The van der Waals surface area contributed by atoms with Gasteiger partial charge in [0.05, 0.1) is 5.69 Å². The maximum Gasteiger partial charge on any atom is 0.320 e. The minimum atomic E-state index is -0.699. The monoisotopic (exact) mass is 377 g/mol. The molecule has 2 heterocycles. The first-order valence-electron chi connectivity index (χ1n) is 8.63. The van der Waals surface area contributed by atoms with E-state index in [1.807, 2.05) is 36.4 Å². The van der Waals surface area contributed by atoms with Crippen LogP contribution in [0.25, 0.3) is 22.4 Å². The van der Waals surface area contributed by atoms with Gasteiger partial charge in [0.2, 0.25) is 0 Å². The molecule has 8 heteroatoms. The van der Waals surface area contributed by atoms with Gasteiger partial charge in [-0.15, -0.1) is 0 Å². The molecule has 0 atom stereocenters. The minimum absolute atomic E-state index is 0.163. The van der Waals surface area contributed by atoms with Crippen molar-refractivity contribution < 1.29 is 14.8 Å². The van der Waals surface area contributed by atoms with Gasteiger partial charge in [0.15, 0.2) is 0 Å². The smallest absolute Gasteiger partial charge is 0.320 e. The molecule has 0 saturated heterocycles. The van der Waals surface area contributed by atoms with Gasteiger partial charge in [0, 0.05) is 30.1 Å². The van der Waals surface area contributed by atoms with E-state index in [0.717, 1.165) is 16.7 Å². The molecule has 8 nitrogen and oxygen atoms in total. The summed E-state index contributed by atoms with van der Waals surface area (Å²) in [7, 11) is 0. The van der Waals surface area contributed by atoms with E-state index in [4.69, 9.17) is 5.21 Å². The number of anilines is 1. The molecule has 0 spiro atoms. The zero-order chi connectivity index (χ0) is 19.9. The van der Waals surface area contributed by atoms with Crippen LogP contribution < -0.4 is 16.1 Å². The van der Waals surface area contributed by atoms with Crippen LogP contribution >= 0.6 is 0 Å². The zero-order valence-corrected chi connectivity index (χ0v) is 15.1. The van der Waals surface area contributed by atoms with Crippen molar-refractivity contribution in [2.75, 3.05) is 11.9 Å².